The molecule has 0 N–H and O–H groups in total. The second-order valence-corrected chi connectivity index (χ2v) is 8.66. The molecule has 0 aliphatic carbocycles. The Balaban J connectivity index is 1.78. The first-order valence-corrected chi connectivity index (χ1v) is 10.7. The SMILES string of the molecule is Cc1cc(C)cc(-c2cc3c4c(cccc4c4cccc5c6ccccc6n3c45)n2)c1. The molecule has 0 saturated carbocycles. The number of hydrogen-bond donors (Lipinski definition) is 0. The molecule has 2 heteroatoms. The number of para-hydroxylation sites is 2. The van der Waals surface area contributed by atoms with Crippen LogP contribution in [-0.4, -0.2) is 9.38 Å². The highest BCUT2D eigenvalue weighted by Gasteiger charge is 2.18. The van der Waals surface area contributed by atoms with Crippen LogP contribution in [0.5, 0.6) is 0 Å². The lowest BCUT2D eigenvalue weighted by molar-refractivity contribution is 1.31. The molecule has 4 aromatic carbocycles. The summed E-state index contributed by atoms with van der Waals surface area (Å²) >= 11 is 0. The predicted octanol–water partition coefficient (Wildman–Crippen LogP) is 7.67. The van der Waals surface area contributed by atoms with Crippen molar-refractivity contribution in [1.29, 1.82) is 0 Å². The van der Waals surface area contributed by atoms with Gasteiger partial charge in [-0.3, -0.25) is 0 Å². The lowest BCUT2D eigenvalue weighted by atomic mass is 9.99. The highest BCUT2D eigenvalue weighted by atomic mass is 14.9. The molecule has 3 heterocycles. The van der Waals surface area contributed by atoms with Gasteiger partial charge in [-0.05, 0) is 49.6 Å². The zero-order valence-corrected chi connectivity index (χ0v) is 17.5. The van der Waals surface area contributed by atoms with Gasteiger partial charge in [0.25, 0.3) is 0 Å². The van der Waals surface area contributed by atoms with Crippen LogP contribution in [0, 0.1) is 13.8 Å². The molecule has 146 valence electrons. The first-order chi connectivity index (χ1) is 15.2. The molecular formula is C29H20N2. The van der Waals surface area contributed by atoms with E-state index in [1.54, 1.807) is 0 Å². The highest BCUT2D eigenvalue weighted by Crippen LogP contribution is 2.40. The number of nitrogens with zero attached hydrogens (tertiary/aromatic N) is 2. The summed E-state index contributed by atoms with van der Waals surface area (Å²) in [5.41, 5.74) is 9.53. The summed E-state index contributed by atoms with van der Waals surface area (Å²) in [6.45, 7) is 4.30. The zero-order chi connectivity index (χ0) is 20.7. The molecule has 0 bridgehead atoms. The largest absolute Gasteiger partial charge is 0.308 e. The molecule has 0 unspecified atom stereocenters. The van der Waals surface area contributed by atoms with Crippen molar-refractivity contribution in [1.82, 2.24) is 9.38 Å². The summed E-state index contributed by atoms with van der Waals surface area (Å²) in [4.78, 5) is 5.12. The van der Waals surface area contributed by atoms with E-state index in [0.29, 0.717) is 0 Å². The number of aromatic nitrogens is 2. The molecule has 0 aliphatic rings. The van der Waals surface area contributed by atoms with Gasteiger partial charge in [-0.1, -0.05) is 65.7 Å². The minimum atomic E-state index is 1.02. The number of benzene rings is 4. The van der Waals surface area contributed by atoms with Crippen molar-refractivity contribution in [2.45, 2.75) is 13.8 Å². The Morgan fingerprint density at radius 3 is 2.13 bits per heavy atom. The summed E-state index contributed by atoms with van der Waals surface area (Å²) in [6, 6.07) is 30.9. The zero-order valence-electron chi connectivity index (χ0n) is 17.5. The molecule has 7 aromatic rings. The third-order valence-corrected chi connectivity index (χ3v) is 6.56. The van der Waals surface area contributed by atoms with Crippen molar-refractivity contribution in [3.63, 3.8) is 0 Å². The highest BCUT2D eigenvalue weighted by molar-refractivity contribution is 6.26. The van der Waals surface area contributed by atoms with Gasteiger partial charge in [-0.25, -0.2) is 4.98 Å². The number of pyridine rings is 2. The van der Waals surface area contributed by atoms with E-state index in [0.717, 1.165) is 11.2 Å². The van der Waals surface area contributed by atoms with Gasteiger partial charge in [0, 0.05) is 27.1 Å². The Kier molecular flexibility index (Phi) is 3.17. The minimum Gasteiger partial charge on any atom is -0.308 e. The Bertz CT molecular complexity index is 1780. The third-order valence-electron chi connectivity index (χ3n) is 6.56. The van der Waals surface area contributed by atoms with Crippen molar-refractivity contribution >= 4 is 49.0 Å². The van der Waals surface area contributed by atoms with Crippen LogP contribution in [0.4, 0.5) is 0 Å². The molecule has 0 spiro atoms. The van der Waals surface area contributed by atoms with Crippen molar-refractivity contribution in [3.05, 3.63) is 96.1 Å². The normalized spacial score (nSPS) is 12.2. The van der Waals surface area contributed by atoms with Gasteiger partial charge in [0.05, 0.1) is 27.8 Å². The van der Waals surface area contributed by atoms with Gasteiger partial charge in [0.1, 0.15) is 0 Å². The Hall–Kier alpha value is -3.91. The summed E-state index contributed by atoms with van der Waals surface area (Å²) in [5.74, 6) is 0. The van der Waals surface area contributed by atoms with E-state index in [2.05, 4.69) is 103 Å². The monoisotopic (exact) mass is 396 g/mol. The van der Waals surface area contributed by atoms with Crippen LogP contribution >= 0.6 is 0 Å². The lowest BCUT2D eigenvalue weighted by Gasteiger charge is -2.14. The van der Waals surface area contributed by atoms with E-state index in [-0.39, 0.29) is 0 Å². The predicted molar refractivity (Wildman–Crippen MR) is 131 cm³/mol. The molecule has 0 amide bonds. The van der Waals surface area contributed by atoms with Gasteiger partial charge in [-0.2, -0.15) is 0 Å². The van der Waals surface area contributed by atoms with E-state index in [4.69, 9.17) is 4.98 Å². The fourth-order valence-electron chi connectivity index (χ4n) is 5.42. The summed E-state index contributed by atoms with van der Waals surface area (Å²) in [5, 5.41) is 6.39. The molecule has 0 saturated heterocycles. The second-order valence-electron chi connectivity index (χ2n) is 8.66. The first kappa shape index (κ1) is 16.8. The van der Waals surface area contributed by atoms with E-state index in [1.807, 2.05) is 0 Å². The smallest absolute Gasteiger partial charge is 0.0736 e. The standard InChI is InChI=1S/C29H20N2/c1-17-13-18(2)15-19(14-17)25-16-27-28-21(8-6-11-24(28)30-25)23-10-5-9-22-20-7-3-4-12-26(20)31(27)29(22)23/h3-16H,1-2H3. The fourth-order valence-corrected chi connectivity index (χ4v) is 5.42. The average molecular weight is 396 g/mol. The maximum Gasteiger partial charge on any atom is 0.0736 e. The molecule has 31 heavy (non-hydrogen) atoms. The summed E-state index contributed by atoms with van der Waals surface area (Å²) in [6.07, 6.45) is 0. The molecule has 2 nitrogen and oxygen atoms in total. The second kappa shape index (κ2) is 5.83. The van der Waals surface area contributed by atoms with Crippen LogP contribution in [0.1, 0.15) is 11.1 Å². The molecule has 0 atom stereocenters. The van der Waals surface area contributed by atoms with Gasteiger partial charge in [0.2, 0.25) is 0 Å². The van der Waals surface area contributed by atoms with Crippen LogP contribution in [0.25, 0.3) is 60.3 Å². The van der Waals surface area contributed by atoms with E-state index in [9.17, 15) is 0 Å². The van der Waals surface area contributed by atoms with Crippen molar-refractivity contribution in [3.8, 4) is 11.3 Å². The van der Waals surface area contributed by atoms with Crippen molar-refractivity contribution in [2.24, 2.45) is 0 Å². The van der Waals surface area contributed by atoms with Crippen molar-refractivity contribution in [2.75, 3.05) is 0 Å². The van der Waals surface area contributed by atoms with Crippen LogP contribution in [0.15, 0.2) is 84.9 Å². The molecular weight excluding hydrogens is 376 g/mol. The Morgan fingerprint density at radius 1 is 0.613 bits per heavy atom. The van der Waals surface area contributed by atoms with Gasteiger partial charge in [-0.15, -0.1) is 0 Å². The van der Waals surface area contributed by atoms with Crippen LogP contribution in [0.3, 0.4) is 0 Å². The number of fused-ring (bicyclic) bond motifs is 5. The minimum absolute atomic E-state index is 1.02. The first-order valence-electron chi connectivity index (χ1n) is 10.7. The molecule has 3 aromatic heterocycles. The lowest BCUT2D eigenvalue weighted by Crippen LogP contribution is -1.96. The van der Waals surface area contributed by atoms with E-state index in [1.165, 1.54) is 60.2 Å². The molecule has 0 fully saturated rings. The summed E-state index contributed by atoms with van der Waals surface area (Å²) in [7, 11) is 0. The Labute approximate surface area is 179 Å². The maximum absolute atomic E-state index is 5.12. The average Bonchev–Trinajstić information content (AvgIpc) is 3.12. The van der Waals surface area contributed by atoms with Crippen LogP contribution < -0.4 is 0 Å². The van der Waals surface area contributed by atoms with Gasteiger partial charge >= 0.3 is 0 Å². The number of rotatable bonds is 1. The van der Waals surface area contributed by atoms with E-state index >= 15 is 0 Å². The Morgan fingerprint density at radius 2 is 1.29 bits per heavy atom. The quantitative estimate of drug-likeness (QED) is 0.206. The van der Waals surface area contributed by atoms with Gasteiger partial charge < -0.3 is 4.40 Å². The summed E-state index contributed by atoms with van der Waals surface area (Å²) < 4.78 is 2.45. The topological polar surface area (TPSA) is 17.3 Å². The number of hydrogen-bond acceptors (Lipinski definition) is 1. The van der Waals surface area contributed by atoms with Crippen molar-refractivity contribution < 1.29 is 0 Å². The fraction of sp³-hybridized carbons (Fsp3) is 0.0690. The number of aryl methyl sites for hydroxylation is 2. The third kappa shape index (κ3) is 2.19. The van der Waals surface area contributed by atoms with E-state index < -0.39 is 0 Å². The van der Waals surface area contributed by atoms with Gasteiger partial charge in [0.15, 0.2) is 0 Å². The molecule has 7 rings (SSSR count). The van der Waals surface area contributed by atoms with Crippen LogP contribution in [-0.2, 0) is 0 Å². The molecule has 0 radical (unpaired) electrons. The van der Waals surface area contributed by atoms with Crippen LogP contribution in [0.2, 0.25) is 0 Å². The molecule has 0 aliphatic heterocycles. The maximum atomic E-state index is 5.12.